The number of benzene rings is 1. The van der Waals surface area contributed by atoms with Gasteiger partial charge in [0.1, 0.15) is 0 Å². The van der Waals surface area contributed by atoms with Crippen molar-refractivity contribution in [3.8, 4) is 0 Å². The van der Waals surface area contributed by atoms with E-state index >= 15 is 0 Å². The first-order valence-electron chi connectivity index (χ1n) is 8.73. The Hall–Kier alpha value is -1.26. The van der Waals surface area contributed by atoms with Crippen molar-refractivity contribution in [2.45, 2.75) is 12.8 Å². The highest BCUT2D eigenvalue weighted by atomic mass is 127. The van der Waals surface area contributed by atoms with Crippen molar-refractivity contribution in [2.75, 3.05) is 40.3 Å². The standard InChI is InChI=1S/C18H24Cl2N4O3.HI/c1-21-18(24-9-5-12(6-10-24)17(26)27-2)23-8-7-22-16(25)13-3-4-14(19)15(20)11-13;/h3-4,11-12H,5-10H2,1-2H3,(H,21,23)(H,22,25);1H. The maximum Gasteiger partial charge on any atom is 0.308 e. The van der Waals surface area contributed by atoms with Crippen molar-refractivity contribution < 1.29 is 14.3 Å². The minimum absolute atomic E-state index is 0. The van der Waals surface area contributed by atoms with Crippen LogP contribution in [-0.2, 0) is 9.53 Å². The van der Waals surface area contributed by atoms with E-state index in [0.717, 1.165) is 31.9 Å². The molecule has 28 heavy (non-hydrogen) atoms. The number of guanidine groups is 1. The fourth-order valence-electron chi connectivity index (χ4n) is 2.92. The summed E-state index contributed by atoms with van der Waals surface area (Å²) in [5, 5.41) is 6.80. The largest absolute Gasteiger partial charge is 0.469 e. The number of esters is 1. The first-order valence-corrected chi connectivity index (χ1v) is 9.48. The highest BCUT2D eigenvalue weighted by Gasteiger charge is 2.26. The molecule has 0 saturated carbocycles. The molecule has 0 spiro atoms. The Morgan fingerprint density at radius 2 is 1.82 bits per heavy atom. The number of hydrogen-bond donors (Lipinski definition) is 2. The van der Waals surface area contributed by atoms with Crippen LogP contribution in [0.15, 0.2) is 23.2 Å². The zero-order valence-corrected chi connectivity index (χ0v) is 19.7. The lowest BCUT2D eigenvalue weighted by molar-refractivity contribution is -0.146. The first kappa shape index (κ1) is 24.8. The second-order valence-electron chi connectivity index (χ2n) is 6.14. The Bertz CT molecular complexity index is 710. The zero-order chi connectivity index (χ0) is 19.8. The van der Waals surface area contributed by atoms with Gasteiger partial charge in [-0.05, 0) is 31.0 Å². The molecule has 0 bridgehead atoms. The van der Waals surface area contributed by atoms with Crippen LogP contribution in [0.5, 0.6) is 0 Å². The van der Waals surface area contributed by atoms with Crippen LogP contribution < -0.4 is 10.6 Å². The van der Waals surface area contributed by atoms with E-state index < -0.39 is 0 Å². The molecule has 1 aromatic carbocycles. The van der Waals surface area contributed by atoms with Gasteiger partial charge >= 0.3 is 5.97 Å². The van der Waals surface area contributed by atoms with Crippen LogP contribution in [0.2, 0.25) is 10.0 Å². The second-order valence-corrected chi connectivity index (χ2v) is 6.96. The van der Waals surface area contributed by atoms with Crippen molar-refractivity contribution in [3.05, 3.63) is 33.8 Å². The van der Waals surface area contributed by atoms with E-state index in [-0.39, 0.29) is 41.8 Å². The molecule has 0 radical (unpaired) electrons. The molecular weight excluding hydrogens is 518 g/mol. The normalized spacial score (nSPS) is 14.9. The minimum atomic E-state index is -0.218. The van der Waals surface area contributed by atoms with Gasteiger partial charge in [0.15, 0.2) is 5.96 Å². The summed E-state index contributed by atoms with van der Waals surface area (Å²) < 4.78 is 4.80. The average molecular weight is 543 g/mol. The average Bonchev–Trinajstić information content (AvgIpc) is 2.69. The summed E-state index contributed by atoms with van der Waals surface area (Å²) in [6, 6.07) is 4.76. The Kier molecular flexibility index (Phi) is 10.9. The van der Waals surface area contributed by atoms with E-state index in [9.17, 15) is 9.59 Å². The number of nitrogens with zero attached hydrogens (tertiary/aromatic N) is 2. The number of methoxy groups -OCH3 is 1. The predicted octanol–water partition coefficient (Wildman–Crippen LogP) is 2.80. The van der Waals surface area contributed by atoms with Crippen LogP contribution in [0.4, 0.5) is 0 Å². The van der Waals surface area contributed by atoms with Crippen molar-refractivity contribution in [1.82, 2.24) is 15.5 Å². The minimum Gasteiger partial charge on any atom is -0.469 e. The monoisotopic (exact) mass is 542 g/mol. The van der Waals surface area contributed by atoms with Crippen molar-refractivity contribution in [2.24, 2.45) is 10.9 Å². The summed E-state index contributed by atoms with van der Waals surface area (Å²) in [6.07, 6.45) is 1.48. The topological polar surface area (TPSA) is 83.0 Å². The Balaban J connectivity index is 0.00000392. The summed E-state index contributed by atoms with van der Waals surface area (Å²) in [7, 11) is 3.13. The maximum absolute atomic E-state index is 12.1. The van der Waals surface area contributed by atoms with E-state index in [1.165, 1.54) is 13.2 Å². The van der Waals surface area contributed by atoms with E-state index in [0.29, 0.717) is 28.7 Å². The fraction of sp³-hybridized carbons (Fsp3) is 0.500. The summed E-state index contributed by atoms with van der Waals surface area (Å²) in [5.41, 5.74) is 0.457. The SMILES string of the molecule is CN=C(NCCNC(=O)c1ccc(Cl)c(Cl)c1)N1CCC(C(=O)OC)CC1.I. The van der Waals surface area contributed by atoms with Crippen LogP contribution >= 0.6 is 47.2 Å². The quantitative estimate of drug-likeness (QED) is 0.196. The van der Waals surface area contributed by atoms with Crippen LogP contribution in [0.25, 0.3) is 0 Å². The lowest BCUT2D eigenvalue weighted by Crippen LogP contribution is -2.48. The molecular formula is C18H25Cl2IN4O3. The summed E-state index contributed by atoms with van der Waals surface area (Å²) in [6.45, 7) is 2.41. The number of nitrogens with one attached hydrogen (secondary N) is 2. The van der Waals surface area contributed by atoms with Crippen molar-refractivity contribution in [3.63, 3.8) is 0 Å². The Morgan fingerprint density at radius 3 is 2.39 bits per heavy atom. The molecule has 2 N–H and O–H groups in total. The van der Waals surface area contributed by atoms with Gasteiger partial charge < -0.3 is 20.3 Å². The number of halogens is 3. The van der Waals surface area contributed by atoms with Gasteiger partial charge in [-0.1, -0.05) is 23.2 Å². The van der Waals surface area contributed by atoms with Gasteiger partial charge in [-0.2, -0.15) is 0 Å². The lowest BCUT2D eigenvalue weighted by atomic mass is 9.97. The smallest absolute Gasteiger partial charge is 0.308 e. The predicted molar refractivity (Wildman–Crippen MR) is 122 cm³/mol. The molecule has 1 heterocycles. The maximum atomic E-state index is 12.1. The third kappa shape index (κ3) is 6.97. The van der Waals surface area contributed by atoms with Crippen molar-refractivity contribution in [1.29, 1.82) is 0 Å². The van der Waals surface area contributed by atoms with Crippen LogP contribution in [-0.4, -0.2) is 63.1 Å². The molecule has 0 aromatic heterocycles. The fourth-order valence-corrected chi connectivity index (χ4v) is 3.21. The summed E-state index contributed by atoms with van der Waals surface area (Å²) in [4.78, 5) is 30.1. The molecule has 7 nitrogen and oxygen atoms in total. The van der Waals surface area contributed by atoms with E-state index in [4.69, 9.17) is 27.9 Å². The zero-order valence-electron chi connectivity index (χ0n) is 15.8. The van der Waals surface area contributed by atoms with Crippen LogP contribution in [0.1, 0.15) is 23.2 Å². The lowest BCUT2D eigenvalue weighted by Gasteiger charge is -2.33. The van der Waals surface area contributed by atoms with Gasteiger partial charge in [-0.3, -0.25) is 14.6 Å². The van der Waals surface area contributed by atoms with Gasteiger partial charge in [0.05, 0.1) is 23.1 Å². The molecule has 1 aliphatic rings. The molecule has 2 rings (SSSR count). The van der Waals surface area contributed by atoms with Crippen molar-refractivity contribution >= 4 is 65.0 Å². The number of carbonyl (C=O) groups is 2. The van der Waals surface area contributed by atoms with E-state index in [1.807, 2.05) is 0 Å². The van der Waals surface area contributed by atoms with Gasteiger partial charge in [0, 0.05) is 38.8 Å². The molecule has 1 aromatic rings. The molecule has 1 saturated heterocycles. The van der Waals surface area contributed by atoms with Gasteiger partial charge in [-0.25, -0.2) is 0 Å². The van der Waals surface area contributed by atoms with Crippen LogP contribution in [0, 0.1) is 5.92 Å². The second kappa shape index (κ2) is 12.3. The number of piperidine rings is 1. The summed E-state index contributed by atoms with van der Waals surface area (Å²) in [5.74, 6) is 0.337. The number of ether oxygens (including phenoxy) is 1. The molecule has 1 amide bonds. The molecule has 1 aliphatic heterocycles. The van der Waals surface area contributed by atoms with Gasteiger partial charge in [-0.15, -0.1) is 24.0 Å². The number of rotatable bonds is 5. The highest BCUT2D eigenvalue weighted by molar-refractivity contribution is 14.0. The molecule has 10 heteroatoms. The number of amides is 1. The molecule has 1 fully saturated rings. The Labute approximate surface area is 192 Å². The van der Waals surface area contributed by atoms with E-state index in [1.54, 1.807) is 19.2 Å². The molecule has 0 atom stereocenters. The number of carbonyl (C=O) groups excluding carboxylic acids is 2. The molecule has 156 valence electrons. The number of likely N-dealkylation sites (tertiary alicyclic amines) is 1. The number of hydrogen-bond acceptors (Lipinski definition) is 4. The third-order valence-corrected chi connectivity index (χ3v) is 5.16. The molecule has 0 aliphatic carbocycles. The van der Waals surface area contributed by atoms with E-state index in [2.05, 4.69) is 20.5 Å². The third-order valence-electron chi connectivity index (χ3n) is 4.42. The highest BCUT2D eigenvalue weighted by Crippen LogP contribution is 2.22. The van der Waals surface area contributed by atoms with Crippen LogP contribution in [0.3, 0.4) is 0 Å². The summed E-state index contributed by atoms with van der Waals surface area (Å²) >= 11 is 11.8. The van der Waals surface area contributed by atoms with Gasteiger partial charge in [0.25, 0.3) is 5.91 Å². The Morgan fingerprint density at radius 1 is 1.18 bits per heavy atom. The van der Waals surface area contributed by atoms with Gasteiger partial charge in [0.2, 0.25) is 0 Å². The molecule has 0 unspecified atom stereocenters. The first-order chi connectivity index (χ1) is 13.0. The number of aliphatic imine (C=N–C) groups is 1.